The van der Waals surface area contributed by atoms with Crippen LogP contribution in [0.1, 0.15) is 99.8 Å². The highest BCUT2D eigenvalue weighted by Crippen LogP contribution is 2.74. The highest BCUT2D eigenvalue weighted by molar-refractivity contribution is 6.04. The molecule has 0 radical (unpaired) electrons. The fourth-order valence-electron chi connectivity index (χ4n) is 10.3. The lowest BCUT2D eigenvalue weighted by Gasteiger charge is -2.69. The van der Waals surface area contributed by atoms with E-state index in [1.165, 1.54) is 0 Å². The molecule has 5 rings (SSSR count). The minimum atomic E-state index is -0.754. The van der Waals surface area contributed by atoms with Crippen molar-refractivity contribution in [2.45, 2.75) is 99.8 Å². The molecule has 200 valence electrons. The topological polar surface area (TPSA) is 95.2 Å². The maximum Gasteiger partial charge on any atom is 0.303 e. The minimum Gasteiger partial charge on any atom is -0.481 e. The Morgan fingerprint density at radius 3 is 2.30 bits per heavy atom. The quantitative estimate of drug-likeness (QED) is 0.451. The fraction of sp³-hybridized carbons (Fsp3) is 0.750. The number of nitriles is 1. The summed E-state index contributed by atoms with van der Waals surface area (Å²) in [5, 5.41) is 19.8. The van der Waals surface area contributed by atoms with Gasteiger partial charge in [-0.25, -0.2) is 0 Å². The molecule has 0 spiro atoms. The van der Waals surface area contributed by atoms with Gasteiger partial charge in [-0.3, -0.25) is 14.4 Å². The van der Waals surface area contributed by atoms with E-state index in [9.17, 15) is 24.8 Å². The lowest BCUT2D eigenvalue weighted by Crippen LogP contribution is -2.65. The lowest BCUT2D eigenvalue weighted by molar-refractivity contribution is -0.177. The number of Topliss-reactive ketones (excluding diaryl/α,β-unsaturated/α-hetero) is 1. The van der Waals surface area contributed by atoms with Gasteiger partial charge in [-0.2, -0.15) is 5.26 Å². The first-order valence-corrected chi connectivity index (χ1v) is 14.1. The molecule has 0 aromatic rings. The standard InChI is InChI=1S/C32H43NO4/c1-27(2)10-12-32(17-24(35)36)13-11-31(7)25(20(32)16-27)21(34)14-23-29(5)15-19(18-33)26(37)28(3,4)22(29)8-9-30(23,31)6/h14-15,20,22,25H,8-13,16-17H2,1-7H3,(H,35,36)/t20?,22-,25?,29-,30+,31+,32+/m0/s1. The van der Waals surface area contributed by atoms with E-state index in [-0.39, 0.29) is 63.0 Å². The summed E-state index contributed by atoms with van der Waals surface area (Å²) in [6.45, 7) is 15.2. The Morgan fingerprint density at radius 1 is 1.03 bits per heavy atom. The number of carbonyl (C=O) groups is 3. The molecular formula is C32H43NO4. The van der Waals surface area contributed by atoms with Crippen molar-refractivity contribution >= 4 is 17.5 Å². The van der Waals surface area contributed by atoms with Crippen LogP contribution in [0.4, 0.5) is 0 Å². The molecule has 0 aromatic carbocycles. The van der Waals surface area contributed by atoms with E-state index in [1.807, 2.05) is 26.0 Å². The van der Waals surface area contributed by atoms with Crippen LogP contribution >= 0.6 is 0 Å². The first-order chi connectivity index (χ1) is 17.0. The van der Waals surface area contributed by atoms with Gasteiger partial charge in [0.15, 0.2) is 11.6 Å². The second-order valence-corrected chi connectivity index (χ2v) is 15.2. The van der Waals surface area contributed by atoms with Crippen LogP contribution in [0.5, 0.6) is 0 Å². The molecule has 3 saturated carbocycles. The molecule has 0 bridgehead atoms. The van der Waals surface area contributed by atoms with E-state index in [2.05, 4.69) is 40.7 Å². The van der Waals surface area contributed by atoms with Crippen molar-refractivity contribution in [1.29, 1.82) is 5.26 Å². The highest BCUT2D eigenvalue weighted by atomic mass is 16.4. The maximum atomic E-state index is 14.3. The summed E-state index contributed by atoms with van der Waals surface area (Å²) >= 11 is 0. The van der Waals surface area contributed by atoms with Gasteiger partial charge in [0.25, 0.3) is 0 Å². The maximum absolute atomic E-state index is 14.3. The third-order valence-corrected chi connectivity index (χ3v) is 12.5. The van der Waals surface area contributed by atoms with Gasteiger partial charge in [0, 0.05) is 16.7 Å². The van der Waals surface area contributed by atoms with E-state index in [0.717, 1.165) is 50.5 Å². The van der Waals surface area contributed by atoms with Gasteiger partial charge in [-0.1, -0.05) is 60.1 Å². The zero-order chi connectivity index (χ0) is 27.4. The van der Waals surface area contributed by atoms with Crippen LogP contribution in [0.3, 0.4) is 0 Å². The number of ketones is 2. The number of hydrogen-bond donors (Lipinski definition) is 1. The van der Waals surface area contributed by atoms with Crippen molar-refractivity contribution in [3.05, 3.63) is 23.3 Å². The van der Waals surface area contributed by atoms with E-state index in [0.29, 0.717) is 0 Å². The zero-order valence-corrected chi connectivity index (χ0v) is 23.7. The Balaban J connectivity index is 1.69. The molecule has 3 fully saturated rings. The number of fused-ring (bicyclic) bond motifs is 7. The summed E-state index contributed by atoms with van der Waals surface area (Å²) < 4.78 is 0. The molecule has 7 atom stereocenters. The first kappa shape index (κ1) is 26.4. The van der Waals surface area contributed by atoms with Crippen molar-refractivity contribution in [3.63, 3.8) is 0 Å². The van der Waals surface area contributed by atoms with Crippen LogP contribution in [0, 0.1) is 61.6 Å². The van der Waals surface area contributed by atoms with Crippen molar-refractivity contribution in [1.82, 2.24) is 0 Å². The molecule has 0 heterocycles. The van der Waals surface area contributed by atoms with Crippen LogP contribution in [-0.4, -0.2) is 22.6 Å². The highest BCUT2D eigenvalue weighted by Gasteiger charge is 2.69. The zero-order valence-electron chi connectivity index (χ0n) is 23.7. The summed E-state index contributed by atoms with van der Waals surface area (Å²) in [5.74, 6) is -0.834. The molecule has 2 unspecified atom stereocenters. The number of rotatable bonds is 2. The molecule has 0 aliphatic heterocycles. The number of carbonyl (C=O) groups excluding carboxylic acids is 2. The number of hydrogen-bond acceptors (Lipinski definition) is 4. The van der Waals surface area contributed by atoms with Crippen LogP contribution in [0.2, 0.25) is 0 Å². The number of nitrogens with zero attached hydrogens (tertiary/aromatic N) is 1. The van der Waals surface area contributed by atoms with Gasteiger partial charge in [0.1, 0.15) is 6.07 Å². The molecule has 0 amide bonds. The van der Waals surface area contributed by atoms with Crippen molar-refractivity contribution in [3.8, 4) is 6.07 Å². The van der Waals surface area contributed by atoms with Gasteiger partial charge in [-0.15, -0.1) is 0 Å². The van der Waals surface area contributed by atoms with Gasteiger partial charge in [0.05, 0.1) is 12.0 Å². The lowest BCUT2D eigenvalue weighted by atomic mass is 9.34. The summed E-state index contributed by atoms with van der Waals surface area (Å²) in [6, 6.07) is 2.17. The second kappa shape index (κ2) is 7.67. The molecule has 0 aromatic heterocycles. The van der Waals surface area contributed by atoms with E-state index >= 15 is 0 Å². The van der Waals surface area contributed by atoms with Gasteiger partial charge in [-0.05, 0) is 84.5 Å². The third kappa shape index (κ3) is 3.29. The van der Waals surface area contributed by atoms with Crippen molar-refractivity contribution < 1.29 is 19.5 Å². The largest absolute Gasteiger partial charge is 0.481 e. The minimum absolute atomic E-state index is 0.0279. The summed E-state index contributed by atoms with van der Waals surface area (Å²) in [4.78, 5) is 39.6. The smallest absolute Gasteiger partial charge is 0.303 e. The molecule has 0 saturated heterocycles. The average Bonchev–Trinajstić information content (AvgIpc) is 2.78. The van der Waals surface area contributed by atoms with E-state index < -0.39 is 16.8 Å². The molecule has 1 N–H and O–H groups in total. The normalized spacial score (nSPS) is 45.7. The molecule has 5 aliphatic carbocycles. The summed E-state index contributed by atoms with van der Waals surface area (Å²) in [6.07, 6.45) is 10.1. The first-order valence-electron chi connectivity index (χ1n) is 14.1. The SMILES string of the molecule is CC1(C)CC[C@]2(CC(=O)O)CC[C@]3(C)C(C(=O)C=C4[C@@]5(C)C=C(C#N)C(=O)C(C)(C)[C@@H]5CC[C@]43C)C2C1. The molecular weight excluding hydrogens is 462 g/mol. The Hall–Kier alpha value is -2.22. The van der Waals surface area contributed by atoms with Crippen LogP contribution in [0.15, 0.2) is 23.3 Å². The third-order valence-electron chi connectivity index (χ3n) is 12.5. The van der Waals surface area contributed by atoms with Crippen molar-refractivity contribution in [2.75, 3.05) is 0 Å². The summed E-state index contributed by atoms with van der Waals surface area (Å²) in [7, 11) is 0. The number of carboxylic acids is 1. The molecule has 5 heteroatoms. The Bertz CT molecular complexity index is 1200. The van der Waals surface area contributed by atoms with Crippen LogP contribution in [0.25, 0.3) is 0 Å². The van der Waals surface area contributed by atoms with Crippen LogP contribution in [-0.2, 0) is 14.4 Å². The number of allylic oxidation sites excluding steroid dienone is 4. The molecule has 5 nitrogen and oxygen atoms in total. The number of aliphatic carboxylic acids is 1. The Kier molecular flexibility index (Phi) is 5.47. The second-order valence-electron chi connectivity index (χ2n) is 15.2. The van der Waals surface area contributed by atoms with E-state index in [1.54, 1.807) is 0 Å². The predicted octanol–water partition coefficient (Wildman–Crippen LogP) is 6.68. The van der Waals surface area contributed by atoms with Crippen LogP contribution < -0.4 is 0 Å². The molecule has 37 heavy (non-hydrogen) atoms. The van der Waals surface area contributed by atoms with E-state index in [4.69, 9.17) is 0 Å². The predicted molar refractivity (Wildman–Crippen MR) is 141 cm³/mol. The fourth-order valence-corrected chi connectivity index (χ4v) is 10.3. The van der Waals surface area contributed by atoms with Crippen molar-refractivity contribution in [2.24, 2.45) is 50.2 Å². The Morgan fingerprint density at radius 2 is 1.68 bits per heavy atom. The van der Waals surface area contributed by atoms with Gasteiger partial charge in [0.2, 0.25) is 0 Å². The summed E-state index contributed by atoms with van der Waals surface area (Å²) in [5.41, 5.74) is -0.708. The number of carboxylic acid groups (broad SMARTS) is 1. The van der Waals surface area contributed by atoms with Gasteiger partial charge >= 0.3 is 5.97 Å². The average molecular weight is 506 g/mol. The Labute approximate surface area is 221 Å². The van der Waals surface area contributed by atoms with Gasteiger partial charge < -0.3 is 5.11 Å². The monoisotopic (exact) mass is 505 g/mol. The molecule has 5 aliphatic rings.